The molecule has 0 bridgehead atoms. The molecule has 0 aliphatic carbocycles. The van der Waals surface area contributed by atoms with Gasteiger partial charge in [-0.1, -0.05) is 6.92 Å². The number of hydrogen-bond acceptors (Lipinski definition) is 3. The van der Waals surface area contributed by atoms with Gasteiger partial charge in [-0.05, 0) is 19.3 Å². The van der Waals surface area contributed by atoms with E-state index in [0.717, 1.165) is 13.0 Å². The summed E-state index contributed by atoms with van der Waals surface area (Å²) in [6, 6.07) is 0.260. The summed E-state index contributed by atoms with van der Waals surface area (Å²) in [6.07, 6.45) is 1.03. The number of rotatable bonds is 7. The second-order valence-electron chi connectivity index (χ2n) is 3.23. The van der Waals surface area contributed by atoms with Gasteiger partial charge in [-0.15, -0.1) is 0 Å². The molecule has 0 spiro atoms. The summed E-state index contributed by atoms with van der Waals surface area (Å²) in [7, 11) is 1.67. The third kappa shape index (κ3) is 6.58. The molecule has 0 heterocycles. The Morgan fingerprint density at radius 1 is 1.17 bits per heavy atom. The molecule has 0 aromatic carbocycles. The smallest absolute Gasteiger partial charge is 0.0700 e. The molecule has 0 amide bonds. The van der Waals surface area contributed by atoms with E-state index in [9.17, 15) is 0 Å². The highest BCUT2D eigenvalue weighted by atomic mass is 16.5. The monoisotopic (exact) mass is 175 g/mol. The molecule has 0 aliphatic heterocycles. The number of hydrogen-bond donors (Lipinski definition) is 1. The van der Waals surface area contributed by atoms with Gasteiger partial charge in [-0.25, -0.2) is 0 Å². The lowest BCUT2D eigenvalue weighted by molar-refractivity contribution is 0.0635. The second kappa shape index (κ2) is 7.53. The van der Waals surface area contributed by atoms with Gasteiger partial charge >= 0.3 is 0 Å². The molecule has 0 aromatic rings. The van der Waals surface area contributed by atoms with E-state index >= 15 is 0 Å². The van der Waals surface area contributed by atoms with Crippen molar-refractivity contribution in [3.8, 4) is 0 Å². The molecule has 0 rings (SSSR count). The van der Waals surface area contributed by atoms with Crippen LogP contribution in [0.3, 0.4) is 0 Å². The lowest BCUT2D eigenvalue weighted by Gasteiger charge is -2.14. The van der Waals surface area contributed by atoms with Crippen molar-refractivity contribution in [1.29, 1.82) is 0 Å². The van der Waals surface area contributed by atoms with Crippen LogP contribution in [0.4, 0.5) is 0 Å². The summed E-state index contributed by atoms with van der Waals surface area (Å²) in [5.41, 5.74) is 5.70. The quantitative estimate of drug-likeness (QED) is 0.588. The first kappa shape index (κ1) is 11.9. The summed E-state index contributed by atoms with van der Waals surface area (Å²) in [4.78, 5) is 0. The van der Waals surface area contributed by atoms with Crippen molar-refractivity contribution in [2.45, 2.75) is 26.3 Å². The van der Waals surface area contributed by atoms with Crippen molar-refractivity contribution < 1.29 is 9.47 Å². The maximum absolute atomic E-state index is 5.70. The molecule has 0 fully saturated rings. The molecular formula is C9H21NO2. The molecule has 0 radical (unpaired) electrons. The zero-order valence-corrected chi connectivity index (χ0v) is 8.38. The highest BCUT2D eigenvalue weighted by Crippen LogP contribution is 2.04. The van der Waals surface area contributed by atoms with E-state index in [1.54, 1.807) is 7.11 Å². The van der Waals surface area contributed by atoms with Crippen molar-refractivity contribution in [1.82, 2.24) is 0 Å². The van der Waals surface area contributed by atoms with Gasteiger partial charge in [-0.2, -0.15) is 0 Å². The van der Waals surface area contributed by atoms with Crippen LogP contribution in [0.1, 0.15) is 20.3 Å². The molecule has 74 valence electrons. The van der Waals surface area contributed by atoms with Crippen LogP contribution in [-0.4, -0.2) is 33.0 Å². The van der Waals surface area contributed by atoms with E-state index in [4.69, 9.17) is 15.2 Å². The minimum Gasteiger partial charge on any atom is -0.382 e. The SMILES string of the molecule is COCCOCCC(C)C(C)N. The number of methoxy groups -OCH3 is 1. The van der Waals surface area contributed by atoms with E-state index in [1.165, 1.54) is 0 Å². The first-order valence-electron chi connectivity index (χ1n) is 4.50. The summed E-state index contributed by atoms with van der Waals surface area (Å²) < 4.78 is 10.2. The molecular weight excluding hydrogens is 154 g/mol. The normalized spacial score (nSPS) is 16.0. The average Bonchev–Trinajstić information content (AvgIpc) is 2.03. The molecule has 2 atom stereocenters. The van der Waals surface area contributed by atoms with Crippen LogP contribution in [0.15, 0.2) is 0 Å². The molecule has 0 saturated carbocycles. The van der Waals surface area contributed by atoms with Gasteiger partial charge in [0.2, 0.25) is 0 Å². The summed E-state index contributed by atoms with van der Waals surface area (Å²) >= 11 is 0. The molecule has 3 heteroatoms. The molecule has 2 N–H and O–H groups in total. The van der Waals surface area contributed by atoms with Crippen LogP contribution in [0.2, 0.25) is 0 Å². The zero-order chi connectivity index (χ0) is 9.40. The van der Waals surface area contributed by atoms with Gasteiger partial charge in [0.1, 0.15) is 0 Å². The van der Waals surface area contributed by atoms with Crippen molar-refractivity contribution in [3.63, 3.8) is 0 Å². The largest absolute Gasteiger partial charge is 0.382 e. The number of nitrogens with two attached hydrogens (primary N) is 1. The van der Waals surface area contributed by atoms with Crippen molar-refractivity contribution in [2.24, 2.45) is 11.7 Å². The highest BCUT2D eigenvalue weighted by molar-refractivity contribution is 4.62. The average molecular weight is 175 g/mol. The van der Waals surface area contributed by atoms with Crippen LogP contribution in [-0.2, 0) is 9.47 Å². The van der Waals surface area contributed by atoms with Crippen LogP contribution < -0.4 is 5.73 Å². The Labute approximate surface area is 75.2 Å². The Morgan fingerprint density at radius 2 is 1.83 bits per heavy atom. The minimum absolute atomic E-state index is 0.260. The van der Waals surface area contributed by atoms with E-state index < -0.39 is 0 Å². The van der Waals surface area contributed by atoms with E-state index in [-0.39, 0.29) is 6.04 Å². The van der Waals surface area contributed by atoms with Gasteiger partial charge in [0.25, 0.3) is 0 Å². The van der Waals surface area contributed by atoms with Gasteiger partial charge in [0.05, 0.1) is 13.2 Å². The van der Waals surface area contributed by atoms with Crippen LogP contribution in [0.25, 0.3) is 0 Å². The van der Waals surface area contributed by atoms with Gasteiger partial charge in [-0.3, -0.25) is 0 Å². The predicted molar refractivity (Wildman–Crippen MR) is 50.1 cm³/mol. The Balaban J connectivity index is 3.08. The van der Waals surface area contributed by atoms with Gasteiger partial charge in [0, 0.05) is 19.8 Å². The highest BCUT2D eigenvalue weighted by Gasteiger charge is 2.06. The third-order valence-electron chi connectivity index (χ3n) is 2.05. The van der Waals surface area contributed by atoms with Crippen LogP contribution in [0, 0.1) is 5.92 Å². The molecule has 3 nitrogen and oxygen atoms in total. The Bertz CT molecular complexity index is 96.5. The Morgan fingerprint density at radius 3 is 2.33 bits per heavy atom. The Hall–Kier alpha value is -0.120. The van der Waals surface area contributed by atoms with Gasteiger partial charge < -0.3 is 15.2 Å². The minimum atomic E-state index is 0.260. The lowest BCUT2D eigenvalue weighted by Crippen LogP contribution is -2.25. The van der Waals surface area contributed by atoms with E-state index in [1.807, 2.05) is 6.92 Å². The fourth-order valence-electron chi connectivity index (χ4n) is 0.776. The van der Waals surface area contributed by atoms with Gasteiger partial charge in [0.15, 0.2) is 0 Å². The zero-order valence-electron chi connectivity index (χ0n) is 8.38. The maximum atomic E-state index is 5.70. The molecule has 0 aromatic heterocycles. The maximum Gasteiger partial charge on any atom is 0.0700 e. The first-order valence-corrected chi connectivity index (χ1v) is 4.50. The molecule has 0 saturated heterocycles. The predicted octanol–water partition coefficient (Wildman–Crippen LogP) is 1.02. The summed E-state index contributed by atoms with van der Waals surface area (Å²) in [5.74, 6) is 0.535. The summed E-state index contributed by atoms with van der Waals surface area (Å²) in [6.45, 7) is 6.31. The fourth-order valence-corrected chi connectivity index (χ4v) is 0.776. The van der Waals surface area contributed by atoms with E-state index in [2.05, 4.69) is 6.92 Å². The lowest BCUT2D eigenvalue weighted by atomic mass is 10.0. The third-order valence-corrected chi connectivity index (χ3v) is 2.05. The molecule has 12 heavy (non-hydrogen) atoms. The van der Waals surface area contributed by atoms with Crippen LogP contribution in [0.5, 0.6) is 0 Å². The molecule has 0 aliphatic rings. The van der Waals surface area contributed by atoms with Crippen LogP contribution >= 0.6 is 0 Å². The molecule has 2 unspecified atom stereocenters. The topological polar surface area (TPSA) is 44.5 Å². The first-order chi connectivity index (χ1) is 5.68. The fraction of sp³-hybridized carbons (Fsp3) is 1.00. The van der Waals surface area contributed by atoms with Crippen molar-refractivity contribution in [2.75, 3.05) is 26.9 Å². The second-order valence-corrected chi connectivity index (χ2v) is 3.23. The van der Waals surface area contributed by atoms with Crippen molar-refractivity contribution in [3.05, 3.63) is 0 Å². The Kier molecular flexibility index (Phi) is 7.45. The van der Waals surface area contributed by atoms with Crippen molar-refractivity contribution >= 4 is 0 Å². The van der Waals surface area contributed by atoms with E-state index in [0.29, 0.717) is 19.1 Å². The standard InChI is InChI=1S/C9H21NO2/c1-8(9(2)10)4-5-12-7-6-11-3/h8-9H,4-7,10H2,1-3H3. The summed E-state index contributed by atoms with van der Waals surface area (Å²) in [5, 5.41) is 0. The number of ether oxygens (including phenoxy) is 2.